The molecule has 0 radical (unpaired) electrons. The molecule has 1 aromatic heterocycles. The van der Waals surface area contributed by atoms with Gasteiger partial charge in [-0.05, 0) is 41.7 Å². The first-order valence-electron chi connectivity index (χ1n) is 6.32. The third-order valence-electron chi connectivity index (χ3n) is 3.24. The lowest BCUT2D eigenvalue weighted by atomic mass is 10.0. The van der Waals surface area contributed by atoms with Gasteiger partial charge in [0.15, 0.2) is 0 Å². The summed E-state index contributed by atoms with van der Waals surface area (Å²) in [5.74, 6) is 0. The largest absolute Gasteiger partial charge is 0.381 e. The van der Waals surface area contributed by atoms with Crippen LogP contribution >= 0.6 is 11.3 Å². The molecule has 0 aliphatic carbocycles. The summed E-state index contributed by atoms with van der Waals surface area (Å²) in [5, 5.41) is 4.22. The molecule has 2 atom stereocenters. The summed E-state index contributed by atoms with van der Waals surface area (Å²) >= 11 is 1.70. The van der Waals surface area contributed by atoms with Crippen molar-refractivity contribution in [2.75, 3.05) is 13.2 Å². The van der Waals surface area contributed by atoms with Crippen molar-refractivity contribution < 1.29 is 9.47 Å². The highest BCUT2D eigenvalue weighted by Crippen LogP contribution is 2.28. The zero-order valence-corrected chi connectivity index (χ0v) is 11.1. The number of thiophene rings is 1. The van der Waals surface area contributed by atoms with Crippen molar-refractivity contribution in [3.63, 3.8) is 0 Å². The van der Waals surface area contributed by atoms with E-state index in [1.54, 1.807) is 11.3 Å². The van der Waals surface area contributed by atoms with Crippen LogP contribution in [0.5, 0.6) is 0 Å². The van der Waals surface area contributed by atoms with Crippen LogP contribution in [0, 0.1) is 0 Å². The molecule has 0 saturated carbocycles. The zero-order valence-electron chi connectivity index (χ0n) is 10.3. The number of nitrogens with two attached hydrogens (primary N) is 1. The highest BCUT2D eigenvalue weighted by molar-refractivity contribution is 7.07. The van der Waals surface area contributed by atoms with E-state index in [-0.39, 0.29) is 12.1 Å². The van der Waals surface area contributed by atoms with Crippen LogP contribution in [0.25, 0.3) is 0 Å². The Bertz CT molecular complexity index is 309. The van der Waals surface area contributed by atoms with E-state index in [4.69, 9.17) is 15.2 Å². The van der Waals surface area contributed by atoms with Gasteiger partial charge in [-0.3, -0.25) is 0 Å². The second kappa shape index (κ2) is 6.50. The van der Waals surface area contributed by atoms with Gasteiger partial charge in [-0.25, -0.2) is 0 Å². The van der Waals surface area contributed by atoms with Crippen molar-refractivity contribution in [1.29, 1.82) is 0 Å². The van der Waals surface area contributed by atoms with Gasteiger partial charge in [0, 0.05) is 19.3 Å². The minimum absolute atomic E-state index is 0.0364. The number of hydrogen-bond acceptors (Lipinski definition) is 4. The quantitative estimate of drug-likeness (QED) is 0.880. The predicted octanol–water partition coefficient (Wildman–Crippen LogP) is 2.72. The lowest BCUT2D eigenvalue weighted by Crippen LogP contribution is -2.34. The van der Waals surface area contributed by atoms with E-state index in [1.165, 1.54) is 5.56 Å². The molecule has 1 saturated heterocycles. The molecule has 2 rings (SSSR count). The van der Waals surface area contributed by atoms with Crippen molar-refractivity contribution in [2.45, 2.75) is 44.4 Å². The molecule has 0 aromatic carbocycles. The lowest BCUT2D eigenvalue weighted by Gasteiger charge is -2.30. The molecule has 4 heteroatoms. The SMILES string of the molecule is CCC(N)C(OC1CCOCC1)c1ccsc1. The van der Waals surface area contributed by atoms with Crippen LogP contribution < -0.4 is 5.73 Å². The van der Waals surface area contributed by atoms with Gasteiger partial charge in [-0.1, -0.05) is 6.92 Å². The van der Waals surface area contributed by atoms with Crippen LogP contribution in [0.15, 0.2) is 16.8 Å². The Morgan fingerprint density at radius 1 is 1.53 bits per heavy atom. The van der Waals surface area contributed by atoms with Crippen LogP contribution in [0.2, 0.25) is 0 Å². The predicted molar refractivity (Wildman–Crippen MR) is 70.3 cm³/mol. The lowest BCUT2D eigenvalue weighted by molar-refractivity contribution is -0.0776. The average Bonchev–Trinajstić information content (AvgIpc) is 2.90. The Morgan fingerprint density at radius 2 is 2.29 bits per heavy atom. The summed E-state index contributed by atoms with van der Waals surface area (Å²) in [7, 11) is 0. The average molecular weight is 255 g/mol. The summed E-state index contributed by atoms with van der Waals surface area (Å²) < 4.78 is 11.5. The molecular formula is C13H21NO2S. The van der Waals surface area contributed by atoms with Crippen LogP contribution in [-0.2, 0) is 9.47 Å². The van der Waals surface area contributed by atoms with E-state index in [0.29, 0.717) is 6.10 Å². The van der Waals surface area contributed by atoms with E-state index in [1.807, 2.05) is 0 Å². The van der Waals surface area contributed by atoms with Gasteiger partial charge in [0.25, 0.3) is 0 Å². The fraction of sp³-hybridized carbons (Fsp3) is 0.692. The summed E-state index contributed by atoms with van der Waals surface area (Å²) in [4.78, 5) is 0. The van der Waals surface area contributed by atoms with Crippen LogP contribution in [0.1, 0.15) is 37.9 Å². The van der Waals surface area contributed by atoms with Crippen LogP contribution in [-0.4, -0.2) is 25.4 Å². The molecule has 17 heavy (non-hydrogen) atoms. The van der Waals surface area contributed by atoms with E-state index in [9.17, 15) is 0 Å². The first-order chi connectivity index (χ1) is 8.31. The maximum Gasteiger partial charge on any atom is 0.0987 e. The van der Waals surface area contributed by atoms with Gasteiger partial charge in [0.05, 0.1) is 12.2 Å². The van der Waals surface area contributed by atoms with Crippen molar-refractivity contribution >= 4 is 11.3 Å². The summed E-state index contributed by atoms with van der Waals surface area (Å²) in [6, 6.07) is 2.19. The second-order valence-corrected chi connectivity index (χ2v) is 5.28. The molecule has 0 bridgehead atoms. The molecular weight excluding hydrogens is 234 g/mol. The zero-order chi connectivity index (χ0) is 12.1. The summed E-state index contributed by atoms with van der Waals surface area (Å²) in [5.41, 5.74) is 7.39. The second-order valence-electron chi connectivity index (χ2n) is 4.50. The molecule has 0 amide bonds. The Hall–Kier alpha value is -0.420. The Labute approximate surface area is 107 Å². The summed E-state index contributed by atoms with van der Waals surface area (Å²) in [6.07, 6.45) is 3.23. The third kappa shape index (κ3) is 3.52. The fourth-order valence-electron chi connectivity index (χ4n) is 2.10. The van der Waals surface area contributed by atoms with Gasteiger partial charge in [-0.15, -0.1) is 0 Å². The minimum Gasteiger partial charge on any atom is -0.381 e. The van der Waals surface area contributed by atoms with Crippen molar-refractivity contribution in [3.05, 3.63) is 22.4 Å². The van der Waals surface area contributed by atoms with Gasteiger partial charge < -0.3 is 15.2 Å². The molecule has 0 spiro atoms. The van der Waals surface area contributed by atoms with Gasteiger partial charge in [0.2, 0.25) is 0 Å². The van der Waals surface area contributed by atoms with E-state index in [2.05, 4.69) is 23.8 Å². The molecule has 2 N–H and O–H groups in total. The van der Waals surface area contributed by atoms with Crippen molar-refractivity contribution in [2.24, 2.45) is 5.73 Å². The topological polar surface area (TPSA) is 44.5 Å². The highest BCUT2D eigenvalue weighted by Gasteiger charge is 2.25. The van der Waals surface area contributed by atoms with Crippen molar-refractivity contribution in [1.82, 2.24) is 0 Å². The molecule has 1 aliphatic rings. The smallest absolute Gasteiger partial charge is 0.0987 e. The Morgan fingerprint density at radius 3 is 2.88 bits per heavy atom. The molecule has 3 nitrogen and oxygen atoms in total. The van der Waals surface area contributed by atoms with Gasteiger partial charge >= 0.3 is 0 Å². The molecule has 2 unspecified atom stereocenters. The third-order valence-corrected chi connectivity index (χ3v) is 3.94. The molecule has 1 aliphatic heterocycles. The van der Waals surface area contributed by atoms with Crippen LogP contribution in [0.3, 0.4) is 0 Å². The normalized spacial score (nSPS) is 21.3. The number of hydrogen-bond donors (Lipinski definition) is 1. The highest BCUT2D eigenvalue weighted by atomic mass is 32.1. The maximum atomic E-state index is 6.19. The van der Waals surface area contributed by atoms with Crippen LogP contribution in [0.4, 0.5) is 0 Å². The Kier molecular flexibility index (Phi) is 4.98. The maximum absolute atomic E-state index is 6.19. The number of ether oxygens (including phenoxy) is 2. The Balaban J connectivity index is 2.00. The fourth-order valence-corrected chi connectivity index (χ4v) is 2.78. The monoisotopic (exact) mass is 255 g/mol. The first-order valence-corrected chi connectivity index (χ1v) is 7.26. The molecule has 1 fully saturated rings. The summed E-state index contributed by atoms with van der Waals surface area (Å²) in [6.45, 7) is 3.72. The van der Waals surface area contributed by atoms with Gasteiger partial charge in [-0.2, -0.15) is 11.3 Å². The molecule has 1 aromatic rings. The minimum atomic E-state index is 0.0364. The molecule has 2 heterocycles. The molecule has 96 valence electrons. The van der Waals surface area contributed by atoms with Gasteiger partial charge in [0.1, 0.15) is 0 Å². The van der Waals surface area contributed by atoms with E-state index in [0.717, 1.165) is 32.5 Å². The van der Waals surface area contributed by atoms with E-state index < -0.39 is 0 Å². The van der Waals surface area contributed by atoms with E-state index >= 15 is 0 Å². The first kappa shape index (κ1) is 13.0. The number of rotatable bonds is 5. The standard InChI is InChI=1S/C13H21NO2S/c1-2-12(14)13(10-5-8-17-9-10)16-11-3-6-15-7-4-11/h5,8-9,11-13H,2-4,6-7,14H2,1H3. The van der Waals surface area contributed by atoms with Crippen molar-refractivity contribution in [3.8, 4) is 0 Å².